The van der Waals surface area contributed by atoms with Gasteiger partial charge in [0, 0.05) is 18.9 Å². The highest BCUT2D eigenvalue weighted by Crippen LogP contribution is 2.19. The lowest BCUT2D eigenvalue weighted by molar-refractivity contribution is 0.102. The third-order valence-corrected chi connectivity index (χ3v) is 4.16. The largest absolute Gasteiger partial charge is 0.319 e. The van der Waals surface area contributed by atoms with Crippen molar-refractivity contribution < 1.29 is 4.79 Å². The number of pyridine rings is 1. The van der Waals surface area contributed by atoms with Gasteiger partial charge in [-0.3, -0.25) is 14.2 Å². The fourth-order valence-corrected chi connectivity index (χ4v) is 2.91. The molecule has 0 fully saturated rings. The predicted molar refractivity (Wildman–Crippen MR) is 99.0 cm³/mol. The van der Waals surface area contributed by atoms with Crippen LogP contribution >= 0.6 is 0 Å². The molecule has 3 aromatic heterocycles. The van der Waals surface area contributed by atoms with Crippen LogP contribution in [0, 0.1) is 6.92 Å². The van der Waals surface area contributed by atoms with Gasteiger partial charge in [0.05, 0.1) is 35.6 Å². The molecule has 130 valence electrons. The number of anilines is 1. The summed E-state index contributed by atoms with van der Waals surface area (Å²) in [6, 6.07) is 11.8. The first-order chi connectivity index (χ1) is 12.6. The molecule has 0 aliphatic rings. The van der Waals surface area contributed by atoms with E-state index in [1.807, 2.05) is 50.5 Å². The lowest BCUT2D eigenvalue weighted by atomic mass is 10.1. The van der Waals surface area contributed by atoms with Crippen LogP contribution in [0.3, 0.4) is 0 Å². The van der Waals surface area contributed by atoms with Crippen LogP contribution in [0.1, 0.15) is 21.6 Å². The Labute approximate surface area is 150 Å². The van der Waals surface area contributed by atoms with Gasteiger partial charge in [-0.05, 0) is 18.6 Å². The van der Waals surface area contributed by atoms with Gasteiger partial charge in [-0.2, -0.15) is 10.2 Å². The summed E-state index contributed by atoms with van der Waals surface area (Å²) < 4.78 is 3.46. The molecule has 0 unspecified atom stereocenters. The van der Waals surface area contributed by atoms with Crippen LogP contribution in [-0.4, -0.2) is 30.5 Å². The molecule has 0 atom stereocenters. The summed E-state index contributed by atoms with van der Waals surface area (Å²) >= 11 is 0. The Kier molecular flexibility index (Phi) is 3.96. The van der Waals surface area contributed by atoms with Gasteiger partial charge in [0.25, 0.3) is 5.91 Å². The summed E-state index contributed by atoms with van der Waals surface area (Å²) in [6.45, 7) is 2.51. The Balaban J connectivity index is 1.56. The van der Waals surface area contributed by atoms with E-state index in [4.69, 9.17) is 0 Å². The van der Waals surface area contributed by atoms with Gasteiger partial charge in [-0.25, -0.2) is 4.98 Å². The molecule has 7 nitrogen and oxygen atoms in total. The van der Waals surface area contributed by atoms with Crippen molar-refractivity contribution in [3.8, 4) is 0 Å². The highest BCUT2D eigenvalue weighted by atomic mass is 16.1. The Hall–Kier alpha value is -3.48. The Morgan fingerprint density at radius 2 is 1.96 bits per heavy atom. The summed E-state index contributed by atoms with van der Waals surface area (Å²) in [4.78, 5) is 17.2. The molecular formula is C19H18N6O. The normalized spacial score (nSPS) is 11.0. The van der Waals surface area contributed by atoms with Gasteiger partial charge in [-0.15, -0.1) is 0 Å². The fourth-order valence-electron chi connectivity index (χ4n) is 2.91. The van der Waals surface area contributed by atoms with Crippen molar-refractivity contribution >= 4 is 22.6 Å². The van der Waals surface area contributed by atoms with E-state index < -0.39 is 0 Å². The first-order valence-electron chi connectivity index (χ1n) is 8.27. The minimum atomic E-state index is -0.201. The number of benzene rings is 1. The number of aromatic nitrogens is 5. The zero-order valence-electron chi connectivity index (χ0n) is 14.5. The van der Waals surface area contributed by atoms with E-state index in [0.29, 0.717) is 23.4 Å². The van der Waals surface area contributed by atoms with Crippen molar-refractivity contribution in [2.24, 2.45) is 7.05 Å². The molecule has 26 heavy (non-hydrogen) atoms. The molecule has 0 saturated carbocycles. The molecule has 0 aliphatic carbocycles. The zero-order valence-corrected chi connectivity index (χ0v) is 14.5. The maximum atomic E-state index is 12.7. The average molecular weight is 346 g/mol. The van der Waals surface area contributed by atoms with Gasteiger partial charge in [-0.1, -0.05) is 30.3 Å². The molecule has 0 radical (unpaired) electrons. The maximum absolute atomic E-state index is 12.7. The standard InChI is InChI=1S/C19H18N6O/c1-13-8-16(17-10-20-24(2)18(17)22-13)19(26)23-15-9-21-25(12-15)11-14-6-4-3-5-7-14/h3-10,12H,11H2,1-2H3,(H,23,26). The molecular weight excluding hydrogens is 328 g/mol. The smallest absolute Gasteiger partial charge is 0.256 e. The number of hydrogen-bond acceptors (Lipinski definition) is 4. The topological polar surface area (TPSA) is 77.6 Å². The number of carbonyl (C=O) groups excluding carboxylic acids is 1. The van der Waals surface area contributed by atoms with E-state index in [1.54, 1.807) is 27.8 Å². The number of nitrogens with one attached hydrogen (secondary N) is 1. The van der Waals surface area contributed by atoms with Crippen molar-refractivity contribution in [3.05, 3.63) is 71.8 Å². The van der Waals surface area contributed by atoms with Crippen LogP contribution in [0.5, 0.6) is 0 Å². The van der Waals surface area contributed by atoms with Gasteiger partial charge >= 0.3 is 0 Å². The number of fused-ring (bicyclic) bond motifs is 1. The second-order valence-corrected chi connectivity index (χ2v) is 6.18. The summed E-state index contributed by atoms with van der Waals surface area (Å²) in [5.74, 6) is -0.201. The van der Waals surface area contributed by atoms with Crippen molar-refractivity contribution in [1.82, 2.24) is 24.5 Å². The van der Waals surface area contributed by atoms with Crippen LogP contribution in [-0.2, 0) is 13.6 Å². The molecule has 1 amide bonds. The number of carbonyl (C=O) groups is 1. The fraction of sp³-hybridized carbons (Fsp3) is 0.158. The second-order valence-electron chi connectivity index (χ2n) is 6.18. The zero-order chi connectivity index (χ0) is 18.1. The third-order valence-electron chi connectivity index (χ3n) is 4.16. The van der Waals surface area contributed by atoms with Crippen molar-refractivity contribution in [3.63, 3.8) is 0 Å². The van der Waals surface area contributed by atoms with Gasteiger partial charge < -0.3 is 5.32 Å². The van der Waals surface area contributed by atoms with Gasteiger partial charge in [0.2, 0.25) is 0 Å². The van der Waals surface area contributed by atoms with Crippen molar-refractivity contribution in [1.29, 1.82) is 0 Å². The van der Waals surface area contributed by atoms with E-state index in [9.17, 15) is 4.79 Å². The number of amides is 1. The predicted octanol–water partition coefficient (Wildman–Crippen LogP) is 2.77. The van der Waals surface area contributed by atoms with Crippen LogP contribution in [0.4, 0.5) is 5.69 Å². The molecule has 3 heterocycles. The molecule has 0 bridgehead atoms. The molecule has 7 heteroatoms. The summed E-state index contributed by atoms with van der Waals surface area (Å²) in [7, 11) is 1.81. The van der Waals surface area contributed by atoms with E-state index in [0.717, 1.165) is 16.6 Å². The summed E-state index contributed by atoms with van der Waals surface area (Å²) in [5.41, 5.74) is 3.81. The van der Waals surface area contributed by atoms with Gasteiger partial charge in [0.15, 0.2) is 5.65 Å². The van der Waals surface area contributed by atoms with E-state index in [2.05, 4.69) is 20.5 Å². The monoisotopic (exact) mass is 346 g/mol. The molecule has 4 rings (SSSR count). The Morgan fingerprint density at radius 3 is 2.77 bits per heavy atom. The van der Waals surface area contributed by atoms with E-state index in [-0.39, 0.29) is 5.91 Å². The van der Waals surface area contributed by atoms with Gasteiger partial charge in [0.1, 0.15) is 0 Å². The first kappa shape index (κ1) is 16.0. The molecule has 0 spiro atoms. The molecule has 0 saturated heterocycles. The molecule has 1 N–H and O–H groups in total. The lowest BCUT2D eigenvalue weighted by Crippen LogP contribution is -2.12. The van der Waals surface area contributed by atoms with Crippen LogP contribution in [0.2, 0.25) is 0 Å². The number of aryl methyl sites for hydroxylation is 2. The minimum Gasteiger partial charge on any atom is -0.319 e. The van der Waals surface area contributed by atoms with Crippen molar-refractivity contribution in [2.75, 3.05) is 5.32 Å². The number of rotatable bonds is 4. The summed E-state index contributed by atoms with van der Waals surface area (Å²) in [5, 5.41) is 12.1. The first-order valence-corrected chi connectivity index (χ1v) is 8.27. The Bertz CT molecular complexity index is 1080. The number of hydrogen-bond donors (Lipinski definition) is 1. The Morgan fingerprint density at radius 1 is 1.15 bits per heavy atom. The molecule has 0 aliphatic heterocycles. The van der Waals surface area contributed by atoms with E-state index in [1.165, 1.54) is 0 Å². The second kappa shape index (κ2) is 6.44. The minimum absolute atomic E-state index is 0.201. The molecule has 1 aromatic carbocycles. The average Bonchev–Trinajstić information content (AvgIpc) is 3.22. The third kappa shape index (κ3) is 3.06. The quantitative estimate of drug-likeness (QED) is 0.616. The molecule has 4 aromatic rings. The lowest BCUT2D eigenvalue weighted by Gasteiger charge is -2.05. The van der Waals surface area contributed by atoms with Crippen LogP contribution in [0.15, 0.2) is 55.0 Å². The SMILES string of the molecule is Cc1cc(C(=O)Nc2cnn(Cc3ccccc3)c2)c2cnn(C)c2n1. The van der Waals surface area contributed by atoms with Crippen molar-refractivity contribution in [2.45, 2.75) is 13.5 Å². The summed E-state index contributed by atoms with van der Waals surface area (Å²) in [6.07, 6.45) is 5.13. The number of nitrogens with zero attached hydrogens (tertiary/aromatic N) is 5. The van der Waals surface area contributed by atoms with Crippen LogP contribution < -0.4 is 5.32 Å². The van der Waals surface area contributed by atoms with Crippen LogP contribution in [0.25, 0.3) is 11.0 Å². The highest BCUT2D eigenvalue weighted by molar-refractivity contribution is 6.11. The van der Waals surface area contributed by atoms with E-state index >= 15 is 0 Å². The highest BCUT2D eigenvalue weighted by Gasteiger charge is 2.15. The maximum Gasteiger partial charge on any atom is 0.256 e.